The molecule has 1 heterocycles. The molecule has 0 saturated carbocycles. The van der Waals surface area contributed by atoms with E-state index < -0.39 is 15.9 Å². The number of sulfonamides is 1. The summed E-state index contributed by atoms with van der Waals surface area (Å²) in [4.78, 5) is 15.1. The van der Waals surface area contributed by atoms with E-state index in [0.717, 1.165) is 0 Å². The zero-order valence-corrected chi connectivity index (χ0v) is 17.5. The maximum atomic E-state index is 12.9. The van der Waals surface area contributed by atoms with E-state index in [2.05, 4.69) is 15.2 Å². The van der Waals surface area contributed by atoms with Crippen LogP contribution in [0, 0.1) is 0 Å². The Morgan fingerprint density at radius 2 is 1.58 bits per heavy atom. The Morgan fingerprint density at radius 3 is 2.32 bits per heavy atom. The van der Waals surface area contributed by atoms with Crippen molar-refractivity contribution in [3.05, 3.63) is 101 Å². The topological polar surface area (TPSA) is 101 Å². The van der Waals surface area contributed by atoms with Crippen LogP contribution in [-0.4, -0.2) is 14.3 Å². The summed E-state index contributed by atoms with van der Waals surface area (Å²) in [6, 6.07) is 22.9. The lowest BCUT2D eigenvalue weighted by Crippen LogP contribution is -2.27. The lowest BCUT2D eigenvalue weighted by molar-refractivity contribution is 0.102. The molecule has 31 heavy (non-hydrogen) atoms. The molecule has 1 amide bonds. The lowest BCUT2D eigenvalue weighted by atomic mass is 10.1. The van der Waals surface area contributed by atoms with Crippen LogP contribution in [0.25, 0.3) is 11.0 Å². The van der Waals surface area contributed by atoms with Gasteiger partial charge in [0.2, 0.25) is 5.55 Å². The molecular formula is C22H16ClN3O4S. The minimum atomic E-state index is -3.94. The monoisotopic (exact) mass is 453 g/mol. The largest absolute Gasteiger partial charge is 0.436 e. The molecule has 0 spiro atoms. The van der Waals surface area contributed by atoms with Gasteiger partial charge in [0, 0.05) is 16.1 Å². The number of halogens is 1. The number of carbonyl (C=O) groups excluding carboxylic acids is 1. The van der Waals surface area contributed by atoms with Gasteiger partial charge in [-0.3, -0.25) is 4.79 Å². The molecule has 0 unspecified atom stereocenters. The molecule has 0 aliphatic heterocycles. The van der Waals surface area contributed by atoms with Crippen LogP contribution in [0.2, 0.25) is 5.02 Å². The Hall–Kier alpha value is -3.62. The van der Waals surface area contributed by atoms with E-state index in [9.17, 15) is 13.2 Å². The van der Waals surface area contributed by atoms with Gasteiger partial charge < -0.3 is 9.73 Å². The molecule has 0 saturated heterocycles. The van der Waals surface area contributed by atoms with E-state index in [1.807, 2.05) is 0 Å². The molecule has 0 atom stereocenters. The fourth-order valence-electron chi connectivity index (χ4n) is 2.80. The van der Waals surface area contributed by atoms with Gasteiger partial charge in [-0.05, 0) is 48.5 Å². The average molecular weight is 454 g/mol. The third-order valence-corrected chi connectivity index (χ3v) is 5.80. The lowest BCUT2D eigenvalue weighted by Gasteiger charge is -2.08. The van der Waals surface area contributed by atoms with Crippen molar-refractivity contribution in [1.82, 2.24) is 4.83 Å². The number of hydrogen-bond donors (Lipinski definition) is 2. The number of hydrogen-bond acceptors (Lipinski definition) is 5. The quantitative estimate of drug-likeness (QED) is 0.443. The van der Waals surface area contributed by atoms with Crippen LogP contribution in [0.5, 0.6) is 0 Å². The van der Waals surface area contributed by atoms with Gasteiger partial charge in [-0.1, -0.05) is 48.0 Å². The molecule has 0 bridgehead atoms. The number of fused-ring (bicyclic) bond motifs is 1. The number of carbonyl (C=O) groups is 1. The van der Waals surface area contributed by atoms with E-state index in [1.54, 1.807) is 72.8 Å². The van der Waals surface area contributed by atoms with Crippen molar-refractivity contribution in [3.8, 4) is 0 Å². The molecule has 3 aromatic carbocycles. The molecule has 0 fully saturated rings. The maximum absolute atomic E-state index is 12.9. The highest BCUT2D eigenvalue weighted by Crippen LogP contribution is 2.16. The van der Waals surface area contributed by atoms with Gasteiger partial charge in [0.1, 0.15) is 11.1 Å². The summed E-state index contributed by atoms with van der Waals surface area (Å²) in [5.41, 5.74) is 0.843. The van der Waals surface area contributed by atoms with E-state index in [1.165, 1.54) is 12.1 Å². The number of nitrogens with one attached hydrogen (secondary N) is 2. The van der Waals surface area contributed by atoms with Crippen LogP contribution in [0.4, 0.5) is 5.69 Å². The van der Waals surface area contributed by atoms with Crippen LogP contribution in [-0.2, 0) is 10.0 Å². The van der Waals surface area contributed by atoms with E-state index in [0.29, 0.717) is 21.7 Å². The molecular weight excluding hydrogens is 438 g/mol. The van der Waals surface area contributed by atoms with Crippen molar-refractivity contribution in [2.75, 3.05) is 5.32 Å². The fraction of sp³-hybridized carbons (Fsp3) is 0. The highest BCUT2D eigenvalue weighted by molar-refractivity contribution is 7.89. The Bertz CT molecular complexity index is 1420. The average Bonchev–Trinajstić information content (AvgIpc) is 2.79. The van der Waals surface area contributed by atoms with Gasteiger partial charge in [-0.2, -0.15) is 13.2 Å². The van der Waals surface area contributed by atoms with Crippen LogP contribution in [0.15, 0.2) is 99.3 Å². The van der Waals surface area contributed by atoms with Crippen molar-refractivity contribution in [2.24, 2.45) is 5.10 Å². The zero-order chi connectivity index (χ0) is 21.8. The minimum absolute atomic E-state index is 0.0340. The first-order chi connectivity index (χ1) is 14.9. The van der Waals surface area contributed by atoms with E-state index >= 15 is 0 Å². The smallest absolute Gasteiger partial charge is 0.276 e. The van der Waals surface area contributed by atoms with Gasteiger partial charge in [0.25, 0.3) is 15.9 Å². The molecule has 9 heteroatoms. The van der Waals surface area contributed by atoms with Crippen LogP contribution in [0.1, 0.15) is 10.4 Å². The van der Waals surface area contributed by atoms with Crippen molar-refractivity contribution < 1.29 is 17.6 Å². The summed E-state index contributed by atoms with van der Waals surface area (Å²) in [7, 11) is -3.94. The van der Waals surface area contributed by atoms with Gasteiger partial charge in [0.05, 0.1) is 4.90 Å². The van der Waals surface area contributed by atoms with Crippen molar-refractivity contribution >= 4 is 44.2 Å². The van der Waals surface area contributed by atoms with E-state index in [4.69, 9.17) is 16.0 Å². The van der Waals surface area contributed by atoms with Gasteiger partial charge in [0.15, 0.2) is 0 Å². The highest BCUT2D eigenvalue weighted by atomic mass is 35.5. The molecule has 2 N–H and O–H groups in total. The van der Waals surface area contributed by atoms with Crippen molar-refractivity contribution in [1.29, 1.82) is 0 Å². The van der Waals surface area contributed by atoms with Crippen molar-refractivity contribution in [3.63, 3.8) is 0 Å². The summed E-state index contributed by atoms with van der Waals surface area (Å²) in [5.74, 6) is -0.519. The second kappa shape index (κ2) is 8.63. The summed E-state index contributed by atoms with van der Waals surface area (Å²) in [5, 5.41) is 7.81. The summed E-state index contributed by atoms with van der Waals surface area (Å²) in [6.45, 7) is 0. The number of para-hydroxylation sites is 1. The second-order valence-electron chi connectivity index (χ2n) is 6.48. The molecule has 0 radical (unpaired) electrons. The Balaban J connectivity index is 1.75. The Labute approximate surface area is 183 Å². The molecule has 4 aromatic rings. The molecule has 4 rings (SSSR count). The van der Waals surface area contributed by atoms with E-state index in [-0.39, 0.29) is 16.0 Å². The highest BCUT2D eigenvalue weighted by Gasteiger charge is 2.16. The normalized spacial score (nSPS) is 12.0. The fourth-order valence-corrected chi connectivity index (χ4v) is 3.75. The molecule has 156 valence electrons. The summed E-state index contributed by atoms with van der Waals surface area (Å²) < 4.78 is 30.8. The van der Waals surface area contributed by atoms with Crippen molar-refractivity contribution in [2.45, 2.75) is 4.90 Å². The molecule has 0 aliphatic carbocycles. The summed E-state index contributed by atoms with van der Waals surface area (Å²) in [6.07, 6.45) is 0. The number of nitrogens with zero attached hydrogens (tertiary/aromatic N) is 1. The number of benzene rings is 3. The minimum Gasteiger partial charge on any atom is -0.436 e. The first-order valence-corrected chi connectivity index (χ1v) is 11.0. The predicted molar refractivity (Wildman–Crippen MR) is 118 cm³/mol. The standard InChI is InChI=1S/C22H16ClN3O4S/c23-16-10-12-17(13-11-16)24-21(27)19-14-15-6-4-5-9-20(15)30-22(19)25-26-31(28,29)18-7-2-1-3-8-18/h1-14,26H,(H,24,27). The van der Waals surface area contributed by atoms with Gasteiger partial charge >= 0.3 is 0 Å². The molecule has 7 nitrogen and oxygen atoms in total. The zero-order valence-electron chi connectivity index (χ0n) is 15.9. The Kier molecular flexibility index (Phi) is 5.75. The third-order valence-electron chi connectivity index (χ3n) is 4.32. The predicted octanol–water partition coefficient (Wildman–Crippen LogP) is 4.13. The number of amides is 1. The van der Waals surface area contributed by atoms with Crippen LogP contribution in [0.3, 0.4) is 0 Å². The van der Waals surface area contributed by atoms with Crippen LogP contribution >= 0.6 is 11.6 Å². The first kappa shape index (κ1) is 20.6. The van der Waals surface area contributed by atoms with Crippen LogP contribution < -0.4 is 15.7 Å². The third kappa shape index (κ3) is 4.76. The molecule has 1 aromatic heterocycles. The second-order valence-corrected chi connectivity index (χ2v) is 8.58. The number of rotatable bonds is 5. The summed E-state index contributed by atoms with van der Waals surface area (Å²) >= 11 is 5.88. The Morgan fingerprint density at radius 1 is 0.903 bits per heavy atom. The first-order valence-electron chi connectivity index (χ1n) is 9.13. The maximum Gasteiger partial charge on any atom is 0.276 e. The number of anilines is 1. The molecule has 0 aliphatic rings. The van der Waals surface area contributed by atoms with Gasteiger partial charge in [-0.25, -0.2) is 0 Å². The van der Waals surface area contributed by atoms with Gasteiger partial charge in [-0.15, -0.1) is 5.10 Å². The SMILES string of the molecule is O=C(Nc1ccc(Cl)cc1)c1cc2ccccc2oc1=NNS(=O)(=O)c1ccccc1.